The van der Waals surface area contributed by atoms with Crippen LogP contribution in [0.5, 0.6) is 0 Å². The van der Waals surface area contributed by atoms with Crippen LogP contribution in [0.3, 0.4) is 0 Å². The number of hydrogen-bond acceptors (Lipinski definition) is 17. The number of carbonyl (C=O) groups excluding carboxylic acids is 4. The quantitative estimate of drug-likeness (QED) is 0.0581. The van der Waals surface area contributed by atoms with Crippen molar-refractivity contribution in [2.45, 2.75) is 18.9 Å². The van der Waals surface area contributed by atoms with E-state index in [1.54, 1.807) is 18.2 Å². The smallest absolute Gasteiger partial charge is 0.329 e. The lowest BCUT2D eigenvalue weighted by Crippen LogP contribution is -2.54. The van der Waals surface area contributed by atoms with Crippen molar-refractivity contribution >= 4 is 35.3 Å². The number of nitrogens with one attached hydrogen (secondary N) is 2. The number of anilines is 1. The summed E-state index contributed by atoms with van der Waals surface area (Å²) in [4.78, 5) is 61.1. The highest BCUT2D eigenvalue weighted by Crippen LogP contribution is 2.32. The predicted molar refractivity (Wildman–Crippen MR) is 198 cm³/mol. The lowest BCUT2D eigenvalue weighted by molar-refractivity contribution is -0.143. The van der Waals surface area contributed by atoms with Crippen LogP contribution in [0.1, 0.15) is 33.6 Å². The molecule has 20 heteroatoms. The summed E-state index contributed by atoms with van der Waals surface area (Å²) in [5.41, 5.74) is 0.889. The van der Waals surface area contributed by atoms with Gasteiger partial charge in [0, 0.05) is 18.7 Å². The van der Waals surface area contributed by atoms with Crippen molar-refractivity contribution < 1.29 is 81.2 Å². The summed E-state index contributed by atoms with van der Waals surface area (Å²) in [5, 5.41) is 13.8. The number of hydrogen-bond donors (Lipinski definition) is 3. The molecular weight excluding hydrogens is 758 g/mol. The van der Waals surface area contributed by atoms with Crippen molar-refractivity contribution in [3.05, 3.63) is 29.3 Å². The molecule has 0 radical (unpaired) electrons. The van der Waals surface area contributed by atoms with Crippen LogP contribution >= 0.6 is 0 Å². The molecule has 3 rings (SSSR count). The number of nitrogens with zero attached hydrogens (tertiary/aromatic N) is 1. The molecule has 1 unspecified atom stereocenters. The largest absolute Gasteiger partial charge is 0.480 e. The standard InChI is InChI=1S/C37H57N3O17/c41-32-5-4-31(35(44)39-32)40-36(45)29-2-1-3-30(34(29)37(40)46)38-6-7-47-8-9-48-10-11-49-12-13-50-14-15-51-16-17-52-18-19-53-20-21-54-22-23-55-24-25-56-26-27-57-28-33(42)43/h1-3,31,38H,4-28H2,(H,42,43)(H,39,41,44). The number of piperidine rings is 1. The van der Waals surface area contributed by atoms with Crippen molar-refractivity contribution in [2.24, 2.45) is 0 Å². The number of carboxylic acid groups (broad SMARTS) is 1. The molecule has 0 saturated carbocycles. The lowest BCUT2D eigenvalue weighted by Gasteiger charge is -2.27. The van der Waals surface area contributed by atoms with E-state index in [4.69, 9.17) is 57.2 Å². The van der Waals surface area contributed by atoms with Crippen LogP contribution < -0.4 is 10.6 Å². The molecule has 1 aromatic carbocycles. The van der Waals surface area contributed by atoms with E-state index in [1.807, 2.05) is 0 Å². The van der Waals surface area contributed by atoms with E-state index in [1.165, 1.54) is 0 Å². The SMILES string of the molecule is O=C(O)COCCOCCOCCOCCOCCOCCOCCOCCOCCOCCOCCNc1cccc2c1C(=O)N(C1CCC(=O)NC1=O)C2=O. The van der Waals surface area contributed by atoms with Gasteiger partial charge < -0.3 is 62.5 Å². The van der Waals surface area contributed by atoms with Crippen molar-refractivity contribution in [1.82, 2.24) is 10.2 Å². The first-order valence-electron chi connectivity index (χ1n) is 19.1. The van der Waals surface area contributed by atoms with Gasteiger partial charge in [0.1, 0.15) is 12.6 Å². The summed E-state index contributed by atoms with van der Waals surface area (Å²) >= 11 is 0. The Morgan fingerprint density at radius 2 is 1.00 bits per heavy atom. The highest BCUT2D eigenvalue weighted by Gasteiger charge is 2.45. The van der Waals surface area contributed by atoms with E-state index in [9.17, 15) is 24.0 Å². The minimum Gasteiger partial charge on any atom is -0.480 e. The molecule has 0 bridgehead atoms. The van der Waals surface area contributed by atoms with E-state index in [2.05, 4.69) is 10.6 Å². The Hall–Kier alpha value is -3.67. The van der Waals surface area contributed by atoms with E-state index in [-0.39, 0.29) is 37.2 Å². The molecule has 2 heterocycles. The molecule has 0 aromatic heterocycles. The Balaban J connectivity index is 0.997. The van der Waals surface area contributed by atoms with E-state index < -0.39 is 35.6 Å². The van der Waals surface area contributed by atoms with E-state index >= 15 is 0 Å². The number of aliphatic carboxylic acids is 1. The number of fused-ring (bicyclic) bond motifs is 1. The molecule has 322 valence electrons. The van der Waals surface area contributed by atoms with E-state index in [0.29, 0.717) is 144 Å². The highest BCUT2D eigenvalue weighted by molar-refractivity contribution is 6.25. The van der Waals surface area contributed by atoms with Gasteiger partial charge in [0.05, 0.1) is 150 Å². The molecular formula is C37H57N3O17. The number of carbonyl (C=O) groups is 5. The number of ether oxygens (including phenoxy) is 11. The summed E-state index contributed by atoms with van der Waals surface area (Å²) in [7, 11) is 0. The third-order valence-corrected chi connectivity index (χ3v) is 7.98. The number of benzene rings is 1. The lowest BCUT2D eigenvalue weighted by atomic mass is 10.0. The summed E-state index contributed by atoms with van der Waals surface area (Å²) in [6, 6.07) is 3.88. The zero-order valence-corrected chi connectivity index (χ0v) is 32.4. The third-order valence-electron chi connectivity index (χ3n) is 7.98. The molecule has 0 spiro atoms. The van der Waals surface area contributed by atoms with Crippen LogP contribution in [0.25, 0.3) is 0 Å². The van der Waals surface area contributed by atoms with Gasteiger partial charge in [-0.1, -0.05) is 6.07 Å². The zero-order chi connectivity index (χ0) is 40.8. The second-order valence-corrected chi connectivity index (χ2v) is 12.2. The first-order valence-corrected chi connectivity index (χ1v) is 19.1. The molecule has 2 aliphatic rings. The van der Waals surface area contributed by atoms with Gasteiger partial charge in [-0.15, -0.1) is 0 Å². The third kappa shape index (κ3) is 20.0. The molecule has 1 aromatic rings. The van der Waals surface area contributed by atoms with Gasteiger partial charge in [0.2, 0.25) is 11.8 Å². The van der Waals surface area contributed by atoms with Gasteiger partial charge in [-0.3, -0.25) is 29.4 Å². The maximum Gasteiger partial charge on any atom is 0.329 e. The van der Waals surface area contributed by atoms with Crippen molar-refractivity contribution in [3.8, 4) is 0 Å². The van der Waals surface area contributed by atoms with Crippen LogP contribution in [0, 0.1) is 0 Å². The summed E-state index contributed by atoms with van der Waals surface area (Å²) in [6.45, 7) is 8.69. The minimum absolute atomic E-state index is 0.0608. The second kappa shape index (κ2) is 30.4. The van der Waals surface area contributed by atoms with Crippen molar-refractivity contribution in [3.63, 3.8) is 0 Å². The summed E-state index contributed by atoms with van der Waals surface area (Å²) in [6.07, 6.45) is 0.159. The molecule has 0 aliphatic carbocycles. The van der Waals surface area contributed by atoms with Gasteiger partial charge >= 0.3 is 5.97 Å². The fourth-order valence-corrected chi connectivity index (χ4v) is 5.28. The maximum atomic E-state index is 13.2. The highest BCUT2D eigenvalue weighted by atomic mass is 16.6. The summed E-state index contributed by atoms with van der Waals surface area (Å²) in [5.74, 6) is -3.20. The van der Waals surface area contributed by atoms with Crippen LogP contribution in [0.2, 0.25) is 0 Å². The maximum absolute atomic E-state index is 13.2. The van der Waals surface area contributed by atoms with Crippen LogP contribution in [0.15, 0.2) is 18.2 Å². The van der Waals surface area contributed by atoms with Gasteiger partial charge in [-0.25, -0.2) is 4.79 Å². The molecule has 20 nitrogen and oxygen atoms in total. The first kappa shape index (κ1) is 47.7. The van der Waals surface area contributed by atoms with Crippen LogP contribution in [-0.2, 0) is 66.5 Å². The Bertz CT molecular complexity index is 1340. The second-order valence-electron chi connectivity index (χ2n) is 12.2. The topological polar surface area (TPSA) is 234 Å². The molecule has 3 N–H and O–H groups in total. The predicted octanol–water partition coefficient (Wildman–Crippen LogP) is -0.233. The first-order chi connectivity index (χ1) is 27.9. The average Bonchev–Trinajstić information content (AvgIpc) is 3.45. The Morgan fingerprint density at radius 1 is 0.596 bits per heavy atom. The number of rotatable bonds is 37. The molecule has 57 heavy (non-hydrogen) atoms. The number of amides is 4. The monoisotopic (exact) mass is 815 g/mol. The molecule has 1 atom stereocenters. The molecule has 1 saturated heterocycles. The van der Waals surface area contributed by atoms with Gasteiger partial charge in [0.15, 0.2) is 0 Å². The van der Waals surface area contributed by atoms with Gasteiger partial charge in [0.25, 0.3) is 11.8 Å². The van der Waals surface area contributed by atoms with Gasteiger partial charge in [-0.05, 0) is 18.6 Å². The number of carboxylic acids is 1. The van der Waals surface area contributed by atoms with Crippen molar-refractivity contribution in [2.75, 3.05) is 157 Å². The Morgan fingerprint density at radius 3 is 1.40 bits per heavy atom. The fraction of sp³-hybridized carbons (Fsp3) is 0.703. The summed E-state index contributed by atoms with van der Waals surface area (Å²) < 4.78 is 59.3. The van der Waals surface area contributed by atoms with Crippen molar-refractivity contribution in [1.29, 1.82) is 0 Å². The molecule has 2 aliphatic heterocycles. The number of imide groups is 2. The minimum atomic E-state index is -1.02. The Labute approximate surface area is 331 Å². The van der Waals surface area contributed by atoms with Crippen LogP contribution in [-0.4, -0.2) is 198 Å². The van der Waals surface area contributed by atoms with Gasteiger partial charge in [-0.2, -0.15) is 0 Å². The normalized spacial score (nSPS) is 15.4. The average molecular weight is 816 g/mol. The molecule has 1 fully saturated rings. The van der Waals surface area contributed by atoms with E-state index in [0.717, 1.165) is 4.90 Å². The fourth-order valence-electron chi connectivity index (χ4n) is 5.28. The van der Waals surface area contributed by atoms with Crippen LogP contribution in [0.4, 0.5) is 5.69 Å². The Kier molecular flexibility index (Phi) is 25.5. The zero-order valence-electron chi connectivity index (χ0n) is 32.4. The molecule has 4 amide bonds.